The van der Waals surface area contributed by atoms with E-state index >= 15 is 0 Å². The zero-order valence-electron chi connectivity index (χ0n) is 9.50. The molecular weight excluding hydrogens is 180 g/mol. The molecule has 3 heteroatoms. The van der Waals surface area contributed by atoms with Crippen LogP contribution in [-0.4, -0.2) is 25.3 Å². The molecule has 0 heterocycles. The molecule has 0 amide bonds. The lowest BCUT2D eigenvalue weighted by Gasteiger charge is -2.16. The summed E-state index contributed by atoms with van der Waals surface area (Å²) >= 11 is 0. The van der Waals surface area contributed by atoms with E-state index in [9.17, 15) is 4.79 Å². The van der Waals surface area contributed by atoms with Gasteiger partial charge in [-0.05, 0) is 19.8 Å². The molecule has 0 aliphatic rings. The van der Waals surface area contributed by atoms with Crippen LogP contribution in [0.2, 0.25) is 0 Å². The van der Waals surface area contributed by atoms with Gasteiger partial charge in [-0.25, -0.2) is 4.79 Å². The van der Waals surface area contributed by atoms with Gasteiger partial charge in [0.2, 0.25) is 0 Å². The number of esters is 1. The van der Waals surface area contributed by atoms with Gasteiger partial charge < -0.3 is 9.47 Å². The van der Waals surface area contributed by atoms with Crippen molar-refractivity contribution in [1.29, 1.82) is 0 Å². The maximum absolute atomic E-state index is 10.9. The number of carbonyl (C=O) groups is 1. The third-order valence-corrected chi connectivity index (χ3v) is 1.98. The summed E-state index contributed by atoms with van der Waals surface area (Å²) < 4.78 is 10.3. The molecule has 0 rings (SSSR count). The monoisotopic (exact) mass is 200 g/mol. The van der Waals surface area contributed by atoms with Gasteiger partial charge in [0.1, 0.15) is 6.61 Å². The fraction of sp³-hybridized carbons (Fsp3) is 0.727. The van der Waals surface area contributed by atoms with Crippen molar-refractivity contribution in [2.75, 3.05) is 13.2 Å². The van der Waals surface area contributed by atoms with Crippen molar-refractivity contribution in [3.05, 3.63) is 12.2 Å². The van der Waals surface area contributed by atoms with Crippen molar-refractivity contribution in [3.63, 3.8) is 0 Å². The van der Waals surface area contributed by atoms with Gasteiger partial charge in [-0.15, -0.1) is 0 Å². The van der Waals surface area contributed by atoms with E-state index in [-0.39, 0.29) is 12.1 Å². The Hall–Kier alpha value is -0.830. The Morgan fingerprint density at radius 1 is 1.29 bits per heavy atom. The fourth-order valence-electron chi connectivity index (χ4n) is 0.684. The predicted molar refractivity (Wildman–Crippen MR) is 56.0 cm³/mol. The summed E-state index contributed by atoms with van der Waals surface area (Å²) in [6.45, 7) is 12.0. The summed E-state index contributed by atoms with van der Waals surface area (Å²) in [7, 11) is 0. The molecule has 0 radical (unpaired) electrons. The minimum atomic E-state index is -0.356. The molecule has 0 N–H and O–H groups in total. The molecule has 0 bridgehead atoms. The van der Waals surface area contributed by atoms with Crippen molar-refractivity contribution >= 4 is 5.97 Å². The maximum atomic E-state index is 10.9. The molecule has 0 aromatic carbocycles. The van der Waals surface area contributed by atoms with Crippen LogP contribution >= 0.6 is 0 Å². The largest absolute Gasteiger partial charge is 0.460 e. The molecule has 3 nitrogen and oxygen atoms in total. The maximum Gasteiger partial charge on any atom is 0.333 e. The van der Waals surface area contributed by atoms with Crippen LogP contribution < -0.4 is 0 Å². The third-order valence-electron chi connectivity index (χ3n) is 1.98. The molecule has 14 heavy (non-hydrogen) atoms. The highest BCUT2D eigenvalue weighted by Crippen LogP contribution is 2.04. The smallest absolute Gasteiger partial charge is 0.333 e. The van der Waals surface area contributed by atoms with Crippen LogP contribution in [0.5, 0.6) is 0 Å². The Balaban J connectivity index is 3.47. The van der Waals surface area contributed by atoms with Crippen LogP contribution in [0.15, 0.2) is 12.2 Å². The number of hydrogen-bond donors (Lipinski definition) is 0. The molecule has 1 atom stereocenters. The molecule has 0 aliphatic carbocycles. The molecule has 0 fully saturated rings. The van der Waals surface area contributed by atoms with Gasteiger partial charge in [0, 0.05) is 5.57 Å². The Bertz CT molecular complexity index is 197. The first-order valence-corrected chi connectivity index (χ1v) is 4.89. The molecule has 1 unspecified atom stereocenters. The lowest BCUT2D eigenvalue weighted by molar-refractivity contribution is -0.141. The van der Waals surface area contributed by atoms with Crippen molar-refractivity contribution in [1.82, 2.24) is 0 Å². The number of carbonyl (C=O) groups excluding carboxylic acids is 1. The van der Waals surface area contributed by atoms with Crippen molar-refractivity contribution in [3.8, 4) is 0 Å². The lowest BCUT2D eigenvalue weighted by atomic mass is 10.1. The quantitative estimate of drug-likeness (QED) is 0.374. The highest BCUT2D eigenvalue weighted by atomic mass is 16.6. The minimum Gasteiger partial charge on any atom is -0.460 e. The van der Waals surface area contributed by atoms with Crippen LogP contribution in [0.4, 0.5) is 0 Å². The van der Waals surface area contributed by atoms with E-state index in [0.717, 1.165) is 0 Å². The number of hydrogen-bond acceptors (Lipinski definition) is 3. The zero-order chi connectivity index (χ0) is 11.1. The van der Waals surface area contributed by atoms with Crippen LogP contribution in [-0.2, 0) is 14.3 Å². The normalized spacial score (nSPS) is 12.6. The van der Waals surface area contributed by atoms with E-state index < -0.39 is 0 Å². The Morgan fingerprint density at radius 3 is 2.29 bits per heavy atom. The topological polar surface area (TPSA) is 35.5 Å². The lowest BCUT2D eigenvalue weighted by Crippen LogP contribution is -2.19. The first-order valence-electron chi connectivity index (χ1n) is 4.89. The first kappa shape index (κ1) is 13.2. The Labute approximate surface area is 86.1 Å². The van der Waals surface area contributed by atoms with E-state index in [4.69, 9.17) is 9.47 Å². The standard InChI is InChI=1S/C11H20O3/c1-8(2)10(5)13-6-7-14-11(12)9(3)4/h8,10H,3,6-7H2,1-2,4-5H3. The zero-order valence-corrected chi connectivity index (χ0v) is 9.50. The number of rotatable bonds is 6. The van der Waals surface area contributed by atoms with Gasteiger partial charge in [-0.2, -0.15) is 0 Å². The van der Waals surface area contributed by atoms with E-state index in [1.165, 1.54) is 0 Å². The molecule has 0 spiro atoms. The highest BCUT2D eigenvalue weighted by Gasteiger charge is 2.07. The van der Waals surface area contributed by atoms with Gasteiger partial charge >= 0.3 is 5.97 Å². The first-order chi connectivity index (χ1) is 6.45. The van der Waals surface area contributed by atoms with Crippen molar-refractivity contribution in [2.45, 2.75) is 33.8 Å². The summed E-state index contributed by atoms with van der Waals surface area (Å²) in [5, 5.41) is 0. The van der Waals surface area contributed by atoms with Crippen LogP contribution in [0.1, 0.15) is 27.7 Å². The summed E-state index contributed by atoms with van der Waals surface area (Å²) in [5.41, 5.74) is 0.418. The highest BCUT2D eigenvalue weighted by molar-refractivity contribution is 5.86. The van der Waals surface area contributed by atoms with Crippen LogP contribution in [0, 0.1) is 5.92 Å². The number of ether oxygens (including phenoxy) is 2. The van der Waals surface area contributed by atoms with Crippen molar-refractivity contribution < 1.29 is 14.3 Å². The van der Waals surface area contributed by atoms with Gasteiger partial charge in [0.25, 0.3) is 0 Å². The molecule has 0 aliphatic heterocycles. The van der Waals surface area contributed by atoms with Crippen LogP contribution in [0.3, 0.4) is 0 Å². The van der Waals surface area contributed by atoms with Gasteiger partial charge in [-0.1, -0.05) is 20.4 Å². The Morgan fingerprint density at radius 2 is 1.86 bits per heavy atom. The third kappa shape index (κ3) is 5.75. The van der Waals surface area contributed by atoms with Gasteiger partial charge in [0.15, 0.2) is 0 Å². The summed E-state index contributed by atoms with van der Waals surface area (Å²) in [6.07, 6.45) is 0.193. The summed E-state index contributed by atoms with van der Waals surface area (Å²) in [6, 6.07) is 0. The van der Waals surface area contributed by atoms with Crippen LogP contribution in [0.25, 0.3) is 0 Å². The van der Waals surface area contributed by atoms with E-state index in [2.05, 4.69) is 20.4 Å². The SMILES string of the molecule is C=C(C)C(=O)OCCOC(C)C(C)C. The van der Waals surface area contributed by atoms with Gasteiger partial charge in [0.05, 0.1) is 12.7 Å². The van der Waals surface area contributed by atoms with E-state index in [0.29, 0.717) is 24.7 Å². The molecular formula is C11H20O3. The second-order valence-corrected chi connectivity index (χ2v) is 3.74. The fourth-order valence-corrected chi connectivity index (χ4v) is 0.684. The second kappa shape index (κ2) is 6.60. The van der Waals surface area contributed by atoms with Gasteiger partial charge in [-0.3, -0.25) is 0 Å². The minimum absolute atomic E-state index is 0.193. The molecule has 0 saturated heterocycles. The summed E-state index contributed by atoms with van der Waals surface area (Å²) in [5.74, 6) is 0.123. The molecule has 82 valence electrons. The second-order valence-electron chi connectivity index (χ2n) is 3.74. The van der Waals surface area contributed by atoms with E-state index in [1.807, 2.05) is 6.92 Å². The Kier molecular flexibility index (Phi) is 6.21. The molecule has 0 aromatic rings. The molecule has 0 aromatic heterocycles. The predicted octanol–water partition coefficient (Wildman–Crippen LogP) is 2.17. The summed E-state index contributed by atoms with van der Waals surface area (Å²) in [4.78, 5) is 10.9. The van der Waals surface area contributed by atoms with Crippen molar-refractivity contribution in [2.24, 2.45) is 5.92 Å². The average molecular weight is 200 g/mol. The molecule has 0 saturated carbocycles. The average Bonchev–Trinajstić information content (AvgIpc) is 2.11. The van der Waals surface area contributed by atoms with E-state index in [1.54, 1.807) is 6.92 Å².